The van der Waals surface area contributed by atoms with Gasteiger partial charge in [-0.05, 0) is 61.5 Å². The Kier molecular flexibility index (Phi) is 8.38. The van der Waals surface area contributed by atoms with Gasteiger partial charge >= 0.3 is 0 Å². The molecule has 0 spiro atoms. The van der Waals surface area contributed by atoms with Crippen LogP contribution < -0.4 is 20.1 Å². The molecule has 1 fully saturated rings. The Morgan fingerprint density at radius 3 is 2.44 bits per heavy atom. The van der Waals surface area contributed by atoms with E-state index < -0.39 is 15.9 Å². The van der Waals surface area contributed by atoms with Crippen LogP contribution in [0, 0.1) is 0 Å². The van der Waals surface area contributed by atoms with E-state index in [1.807, 2.05) is 18.2 Å². The Hall–Kier alpha value is -2.75. The number of carbonyl (C=O) groups excluding carboxylic acids is 1. The van der Waals surface area contributed by atoms with Gasteiger partial charge in [0.2, 0.25) is 15.9 Å². The Morgan fingerprint density at radius 2 is 1.75 bits per heavy atom. The number of hydrogen-bond acceptors (Lipinski definition) is 5. The average Bonchev–Trinajstić information content (AvgIpc) is 2.78. The Balaban J connectivity index is 1.53. The second kappa shape index (κ2) is 11.2. The van der Waals surface area contributed by atoms with Gasteiger partial charge in [0.25, 0.3) is 0 Å². The second-order valence-electron chi connectivity index (χ2n) is 7.50. The van der Waals surface area contributed by atoms with Crippen molar-refractivity contribution in [2.45, 2.75) is 43.0 Å². The van der Waals surface area contributed by atoms with Crippen molar-refractivity contribution in [3.63, 3.8) is 0 Å². The fourth-order valence-corrected chi connectivity index (χ4v) is 5.03. The van der Waals surface area contributed by atoms with Crippen LogP contribution in [0.15, 0.2) is 59.5 Å². The lowest BCUT2D eigenvalue weighted by Gasteiger charge is -2.22. The van der Waals surface area contributed by atoms with Gasteiger partial charge in [-0.15, -0.1) is 0 Å². The Bertz CT molecular complexity index is 1080. The number of thiocarbonyl (C=S) groups is 1. The summed E-state index contributed by atoms with van der Waals surface area (Å²) in [6, 6.07) is 13.6. The molecule has 1 amide bonds. The van der Waals surface area contributed by atoms with Gasteiger partial charge in [-0.1, -0.05) is 37.5 Å². The zero-order valence-electron chi connectivity index (χ0n) is 17.8. The minimum atomic E-state index is -3.56. The number of methoxy groups -OCH3 is 1. The number of anilines is 1. The molecule has 2 aromatic carbocycles. The zero-order valence-corrected chi connectivity index (χ0v) is 19.5. The first-order valence-electron chi connectivity index (χ1n) is 10.4. The molecule has 0 aliphatic heterocycles. The van der Waals surface area contributed by atoms with E-state index >= 15 is 0 Å². The molecule has 0 heterocycles. The summed E-state index contributed by atoms with van der Waals surface area (Å²) < 4.78 is 33.2. The van der Waals surface area contributed by atoms with E-state index in [4.69, 9.17) is 17.0 Å². The van der Waals surface area contributed by atoms with E-state index in [1.165, 1.54) is 18.2 Å². The third-order valence-corrected chi connectivity index (χ3v) is 6.88. The largest absolute Gasteiger partial charge is 0.496 e. The normalized spacial score (nSPS) is 14.8. The molecule has 0 saturated heterocycles. The lowest BCUT2D eigenvalue weighted by molar-refractivity contribution is -0.115. The van der Waals surface area contributed by atoms with E-state index in [0.717, 1.165) is 37.7 Å². The smallest absolute Gasteiger partial charge is 0.250 e. The maximum Gasteiger partial charge on any atom is 0.250 e. The van der Waals surface area contributed by atoms with Gasteiger partial charge in [0.1, 0.15) is 5.75 Å². The standard InChI is InChI=1S/C23H27N3O4S2/c1-30-21-10-6-5-7-17(21)11-16-22(27)25-23(31)24-18-12-14-20(15-13-18)32(28,29)26-19-8-3-2-4-9-19/h5-7,10-16,19,26H,2-4,8-9H2,1H3,(H2,24,25,27,31). The summed E-state index contributed by atoms with van der Waals surface area (Å²) in [6.45, 7) is 0. The molecule has 0 radical (unpaired) electrons. The Labute approximate surface area is 194 Å². The topological polar surface area (TPSA) is 96.5 Å². The predicted molar refractivity (Wildman–Crippen MR) is 130 cm³/mol. The number of hydrogen-bond donors (Lipinski definition) is 3. The quantitative estimate of drug-likeness (QED) is 0.418. The molecule has 7 nitrogen and oxygen atoms in total. The van der Waals surface area contributed by atoms with Crippen molar-refractivity contribution in [2.75, 3.05) is 12.4 Å². The van der Waals surface area contributed by atoms with Crippen molar-refractivity contribution in [1.29, 1.82) is 0 Å². The third kappa shape index (κ3) is 6.88. The van der Waals surface area contributed by atoms with Crippen LogP contribution >= 0.6 is 12.2 Å². The van der Waals surface area contributed by atoms with Crippen molar-refractivity contribution < 1.29 is 17.9 Å². The summed E-state index contributed by atoms with van der Waals surface area (Å²) in [7, 11) is -2.00. The molecule has 1 aliphatic rings. The number of amides is 1. The van der Waals surface area contributed by atoms with Crippen molar-refractivity contribution >= 4 is 45.0 Å². The second-order valence-corrected chi connectivity index (χ2v) is 9.62. The fraction of sp³-hybridized carbons (Fsp3) is 0.304. The zero-order chi connectivity index (χ0) is 23.0. The van der Waals surface area contributed by atoms with Gasteiger partial charge < -0.3 is 10.1 Å². The van der Waals surface area contributed by atoms with E-state index in [1.54, 1.807) is 31.4 Å². The molecular formula is C23H27N3O4S2. The highest BCUT2D eigenvalue weighted by atomic mass is 32.2. The van der Waals surface area contributed by atoms with Gasteiger partial charge in [-0.3, -0.25) is 10.1 Å². The first-order chi connectivity index (χ1) is 15.4. The van der Waals surface area contributed by atoms with Crippen LogP contribution in [0.2, 0.25) is 0 Å². The number of sulfonamides is 1. The predicted octanol–water partition coefficient (Wildman–Crippen LogP) is 3.83. The maximum absolute atomic E-state index is 12.6. The van der Waals surface area contributed by atoms with Crippen LogP contribution in [0.1, 0.15) is 37.7 Å². The number of rotatable bonds is 7. The lowest BCUT2D eigenvalue weighted by Crippen LogP contribution is -2.36. The van der Waals surface area contributed by atoms with E-state index in [9.17, 15) is 13.2 Å². The van der Waals surface area contributed by atoms with Crippen LogP contribution in [0.4, 0.5) is 5.69 Å². The van der Waals surface area contributed by atoms with Crippen LogP contribution in [0.3, 0.4) is 0 Å². The van der Waals surface area contributed by atoms with Gasteiger partial charge in [-0.2, -0.15) is 0 Å². The number of nitrogens with one attached hydrogen (secondary N) is 3. The minimum absolute atomic E-state index is 0.00162. The summed E-state index contributed by atoms with van der Waals surface area (Å²) in [6.07, 6.45) is 8.00. The third-order valence-electron chi connectivity index (χ3n) is 5.14. The van der Waals surface area contributed by atoms with Crippen molar-refractivity contribution in [2.24, 2.45) is 0 Å². The lowest BCUT2D eigenvalue weighted by atomic mass is 9.96. The highest BCUT2D eigenvalue weighted by molar-refractivity contribution is 7.89. The van der Waals surface area contributed by atoms with Crippen molar-refractivity contribution in [3.05, 3.63) is 60.2 Å². The van der Waals surface area contributed by atoms with Crippen LogP contribution in [-0.4, -0.2) is 32.6 Å². The SMILES string of the molecule is COc1ccccc1C=CC(=O)NC(=S)Nc1ccc(S(=O)(=O)NC2CCCCC2)cc1. The minimum Gasteiger partial charge on any atom is -0.496 e. The average molecular weight is 474 g/mol. The van der Waals surface area contributed by atoms with E-state index in [2.05, 4.69) is 15.4 Å². The molecule has 0 aromatic heterocycles. The van der Waals surface area contributed by atoms with Gasteiger partial charge in [0, 0.05) is 23.4 Å². The van der Waals surface area contributed by atoms with Crippen molar-refractivity contribution in [3.8, 4) is 5.75 Å². The molecule has 3 rings (SSSR count). The van der Waals surface area contributed by atoms with Gasteiger partial charge in [0.05, 0.1) is 12.0 Å². The maximum atomic E-state index is 12.6. The first-order valence-corrected chi connectivity index (χ1v) is 12.3. The molecule has 1 saturated carbocycles. The molecule has 3 N–H and O–H groups in total. The Morgan fingerprint density at radius 1 is 1.06 bits per heavy atom. The van der Waals surface area contributed by atoms with Gasteiger partial charge in [0.15, 0.2) is 5.11 Å². The van der Waals surface area contributed by atoms with Crippen LogP contribution in [0.25, 0.3) is 6.08 Å². The summed E-state index contributed by atoms with van der Waals surface area (Å²) in [5, 5.41) is 5.54. The highest BCUT2D eigenvalue weighted by Crippen LogP contribution is 2.21. The highest BCUT2D eigenvalue weighted by Gasteiger charge is 2.21. The molecule has 32 heavy (non-hydrogen) atoms. The number of benzene rings is 2. The molecule has 0 atom stereocenters. The van der Waals surface area contributed by atoms with Crippen LogP contribution in [-0.2, 0) is 14.8 Å². The molecule has 2 aromatic rings. The number of para-hydroxylation sites is 1. The molecule has 170 valence electrons. The molecule has 1 aliphatic carbocycles. The molecule has 9 heteroatoms. The molecule has 0 bridgehead atoms. The summed E-state index contributed by atoms with van der Waals surface area (Å²) in [5.74, 6) is 0.259. The first kappa shape index (κ1) is 23.9. The summed E-state index contributed by atoms with van der Waals surface area (Å²) in [4.78, 5) is 12.3. The van der Waals surface area contributed by atoms with E-state index in [0.29, 0.717) is 11.4 Å². The fourth-order valence-electron chi connectivity index (χ4n) is 3.51. The van der Waals surface area contributed by atoms with E-state index in [-0.39, 0.29) is 16.0 Å². The summed E-state index contributed by atoms with van der Waals surface area (Å²) in [5.41, 5.74) is 1.34. The molecular weight excluding hydrogens is 446 g/mol. The molecule has 0 unspecified atom stereocenters. The van der Waals surface area contributed by atoms with Crippen LogP contribution in [0.5, 0.6) is 5.75 Å². The number of carbonyl (C=O) groups is 1. The summed E-state index contributed by atoms with van der Waals surface area (Å²) >= 11 is 5.17. The van der Waals surface area contributed by atoms with Gasteiger partial charge in [-0.25, -0.2) is 13.1 Å². The number of ether oxygens (including phenoxy) is 1. The van der Waals surface area contributed by atoms with Crippen molar-refractivity contribution in [1.82, 2.24) is 10.0 Å². The monoisotopic (exact) mass is 473 g/mol.